The molecule has 0 spiro atoms. The number of methoxy groups -OCH3 is 2. The van der Waals surface area contributed by atoms with Gasteiger partial charge in [0.2, 0.25) is 5.75 Å². The summed E-state index contributed by atoms with van der Waals surface area (Å²) in [6.07, 6.45) is 1.90. The first kappa shape index (κ1) is 25.8. The van der Waals surface area contributed by atoms with Gasteiger partial charge in [0.1, 0.15) is 0 Å². The van der Waals surface area contributed by atoms with Gasteiger partial charge in [-0.2, -0.15) is 0 Å². The maximum atomic E-state index is 11.6. The summed E-state index contributed by atoms with van der Waals surface area (Å²) in [5, 5.41) is 0. The first-order chi connectivity index (χ1) is 16.6. The molecule has 0 radical (unpaired) electrons. The third kappa shape index (κ3) is 7.64. The fraction of sp³-hybridized carbons (Fsp3) is 0.519. The van der Waals surface area contributed by atoms with E-state index < -0.39 is 0 Å². The summed E-state index contributed by atoms with van der Waals surface area (Å²) in [7, 11) is 3.27. The van der Waals surface area contributed by atoms with Crippen molar-refractivity contribution in [2.24, 2.45) is 0 Å². The maximum absolute atomic E-state index is 11.6. The Kier molecular flexibility index (Phi) is 10.5. The number of esters is 1. The van der Waals surface area contributed by atoms with E-state index in [2.05, 4.69) is 46.2 Å². The summed E-state index contributed by atoms with van der Waals surface area (Å²) in [5.41, 5.74) is 2.44. The highest BCUT2D eigenvalue weighted by atomic mass is 16.5. The number of carbonyl (C=O) groups is 1. The molecule has 0 bridgehead atoms. The lowest BCUT2D eigenvalue weighted by molar-refractivity contribution is -0.143. The average Bonchev–Trinajstić information content (AvgIpc) is 2.86. The lowest BCUT2D eigenvalue weighted by Crippen LogP contribution is -2.45. The zero-order chi connectivity index (χ0) is 24.2. The summed E-state index contributed by atoms with van der Waals surface area (Å²) in [4.78, 5) is 16.5. The Hall–Kier alpha value is -2.77. The molecule has 2 aromatic rings. The Morgan fingerprint density at radius 3 is 2.21 bits per heavy atom. The highest BCUT2D eigenvalue weighted by Gasteiger charge is 2.22. The van der Waals surface area contributed by atoms with Crippen molar-refractivity contribution < 1.29 is 23.7 Å². The smallest absolute Gasteiger partial charge is 0.305 e. The van der Waals surface area contributed by atoms with Gasteiger partial charge in [-0.3, -0.25) is 14.6 Å². The zero-order valence-corrected chi connectivity index (χ0v) is 20.8. The van der Waals surface area contributed by atoms with Crippen LogP contribution in [-0.2, 0) is 22.6 Å². The molecule has 7 nitrogen and oxygen atoms in total. The van der Waals surface area contributed by atoms with Crippen molar-refractivity contribution in [3.8, 4) is 17.2 Å². The lowest BCUT2D eigenvalue weighted by Gasteiger charge is -2.35. The van der Waals surface area contributed by atoms with Gasteiger partial charge in [-0.25, -0.2) is 0 Å². The van der Waals surface area contributed by atoms with Gasteiger partial charge >= 0.3 is 5.97 Å². The standard InChI is InChI=1S/C27H38N2O5/c1-4-33-25(30)12-8-9-19-34-26-23(13-14-24(31-2)27(26)32-3)21-29-17-15-28(16-18-29)20-22-10-6-5-7-11-22/h5-7,10-11,13-14H,4,8-9,12,15-21H2,1-3H3. The molecule has 0 atom stereocenters. The van der Waals surface area contributed by atoms with Crippen LogP contribution in [0.4, 0.5) is 0 Å². The number of hydrogen-bond acceptors (Lipinski definition) is 7. The van der Waals surface area contributed by atoms with E-state index in [-0.39, 0.29) is 5.97 Å². The minimum atomic E-state index is -0.159. The SMILES string of the molecule is CCOC(=O)CCCCOc1c(CN2CCN(Cc3ccccc3)CC2)ccc(OC)c1OC. The van der Waals surface area contributed by atoms with E-state index in [0.29, 0.717) is 31.1 Å². The fourth-order valence-corrected chi connectivity index (χ4v) is 4.19. The molecule has 7 heteroatoms. The summed E-state index contributed by atoms with van der Waals surface area (Å²) in [6.45, 7) is 8.59. The molecule has 3 rings (SSSR count). The van der Waals surface area contributed by atoms with Gasteiger partial charge in [0, 0.05) is 51.3 Å². The van der Waals surface area contributed by atoms with Crippen molar-refractivity contribution >= 4 is 5.97 Å². The molecule has 186 valence electrons. The third-order valence-corrected chi connectivity index (χ3v) is 6.02. The van der Waals surface area contributed by atoms with Crippen LogP contribution in [-0.4, -0.2) is 69.4 Å². The number of nitrogens with zero attached hydrogens (tertiary/aromatic N) is 2. The number of carbonyl (C=O) groups excluding carboxylic acids is 1. The van der Waals surface area contributed by atoms with Crippen LogP contribution in [0.15, 0.2) is 42.5 Å². The molecular weight excluding hydrogens is 432 g/mol. The van der Waals surface area contributed by atoms with Crippen molar-refractivity contribution in [3.05, 3.63) is 53.6 Å². The van der Waals surface area contributed by atoms with Gasteiger partial charge in [-0.05, 0) is 31.4 Å². The summed E-state index contributed by atoms with van der Waals surface area (Å²) in [6, 6.07) is 14.6. The van der Waals surface area contributed by atoms with E-state index in [4.69, 9.17) is 18.9 Å². The predicted molar refractivity (Wildman–Crippen MR) is 133 cm³/mol. The van der Waals surface area contributed by atoms with E-state index in [1.54, 1.807) is 14.2 Å². The molecule has 1 aliphatic heterocycles. The van der Waals surface area contributed by atoms with E-state index in [1.165, 1.54) is 5.56 Å². The number of rotatable bonds is 13. The van der Waals surface area contributed by atoms with Crippen LogP contribution in [0.1, 0.15) is 37.3 Å². The second-order valence-electron chi connectivity index (χ2n) is 8.44. The van der Waals surface area contributed by atoms with Crippen molar-refractivity contribution in [2.75, 3.05) is 53.6 Å². The number of benzene rings is 2. The van der Waals surface area contributed by atoms with Crippen molar-refractivity contribution in [1.82, 2.24) is 9.80 Å². The quantitative estimate of drug-likeness (QED) is 0.322. The molecule has 0 amide bonds. The lowest BCUT2D eigenvalue weighted by atomic mass is 10.1. The van der Waals surface area contributed by atoms with Crippen molar-refractivity contribution in [1.29, 1.82) is 0 Å². The van der Waals surface area contributed by atoms with Crippen LogP contribution >= 0.6 is 0 Å². The molecule has 0 aliphatic carbocycles. The molecule has 1 aliphatic rings. The Morgan fingerprint density at radius 1 is 0.853 bits per heavy atom. The molecular formula is C27H38N2O5. The average molecular weight is 471 g/mol. The predicted octanol–water partition coefficient (Wildman–Crippen LogP) is 4.13. The molecule has 1 fully saturated rings. The summed E-state index contributed by atoms with van der Waals surface area (Å²) in [5.74, 6) is 1.84. The Labute approximate surface area is 203 Å². The highest BCUT2D eigenvalue weighted by molar-refractivity contribution is 5.69. The fourth-order valence-electron chi connectivity index (χ4n) is 4.19. The highest BCUT2D eigenvalue weighted by Crippen LogP contribution is 2.40. The third-order valence-electron chi connectivity index (χ3n) is 6.02. The van der Waals surface area contributed by atoms with Crippen LogP contribution in [0.25, 0.3) is 0 Å². The van der Waals surface area contributed by atoms with Gasteiger partial charge in [-0.15, -0.1) is 0 Å². The molecule has 1 saturated heterocycles. The van der Waals surface area contributed by atoms with Gasteiger partial charge in [-0.1, -0.05) is 36.4 Å². The number of ether oxygens (including phenoxy) is 4. The van der Waals surface area contributed by atoms with Crippen LogP contribution in [0.5, 0.6) is 17.2 Å². The molecule has 2 aromatic carbocycles. The van der Waals surface area contributed by atoms with Crippen molar-refractivity contribution in [2.45, 2.75) is 39.3 Å². The molecule has 0 unspecified atom stereocenters. The minimum absolute atomic E-state index is 0.159. The number of hydrogen-bond donors (Lipinski definition) is 0. The van der Waals surface area contributed by atoms with Crippen LogP contribution in [0.2, 0.25) is 0 Å². The van der Waals surface area contributed by atoms with E-state index in [0.717, 1.165) is 63.4 Å². The van der Waals surface area contributed by atoms with Gasteiger partial charge in [0.05, 0.1) is 27.4 Å². The Bertz CT molecular complexity index is 882. The minimum Gasteiger partial charge on any atom is -0.493 e. The zero-order valence-electron chi connectivity index (χ0n) is 20.8. The van der Waals surface area contributed by atoms with Crippen LogP contribution in [0, 0.1) is 0 Å². The second-order valence-corrected chi connectivity index (χ2v) is 8.44. The van der Waals surface area contributed by atoms with Crippen LogP contribution in [0.3, 0.4) is 0 Å². The molecule has 0 aromatic heterocycles. The first-order valence-electron chi connectivity index (χ1n) is 12.2. The molecule has 1 heterocycles. The molecule has 0 saturated carbocycles. The van der Waals surface area contributed by atoms with Crippen LogP contribution < -0.4 is 14.2 Å². The normalized spacial score (nSPS) is 14.6. The first-order valence-corrected chi connectivity index (χ1v) is 12.2. The topological polar surface area (TPSA) is 60.5 Å². The van der Waals surface area contributed by atoms with Gasteiger partial charge in [0.25, 0.3) is 0 Å². The summed E-state index contributed by atoms with van der Waals surface area (Å²) >= 11 is 0. The van der Waals surface area contributed by atoms with Gasteiger partial charge < -0.3 is 18.9 Å². The van der Waals surface area contributed by atoms with E-state index >= 15 is 0 Å². The van der Waals surface area contributed by atoms with E-state index in [9.17, 15) is 4.79 Å². The monoisotopic (exact) mass is 470 g/mol. The van der Waals surface area contributed by atoms with Gasteiger partial charge in [0.15, 0.2) is 11.5 Å². The summed E-state index contributed by atoms with van der Waals surface area (Å²) < 4.78 is 22.3. The largest absolute Gasteiger partial charge is 0.493 e. The van der Waals surface area contributed by atoms with Crippen molar-refractivity contribution in [3.63, 3.8) is 0 Å². The second kappa shape index (κ2) is 13.8. The molecule has 0 N–H and O–H groups in total. The maximum Gasteiger partial charge on any atom is 0.305 e. The number of piperazine rings is 1. The Balaban J connectivity index is 1.57. The molecule has 34 heavy (non-hydrogen) atoms. The number of unbranched alkanes of at least 4 members (excludes halogenated alkanes) is 1. The Morgan fingerprint density at radius 2 is 1.56 bits per heavy atom. The van der Waals surface area contributed by atoms with E-state index in [1.807, 2.05) is 13.0 Å².